The van der Waals surface area contributed by atoms with Gasteiger partial charge in [0.2, 0.25) is 11.8 Å². The van der Waals surface area contributed by atoms with Gasteiger partial charge in [-0.05, 0) is 49.2 Å². The largest absolute Gasteiger partial charge is 0.419 e. The maximum absolute atomic E-state index is 6.12. The van der Waals surface area contributed by atoms with E-state index in [0.717, 1.165) is 28.8 Å². The summed E-state index contributed by atoms with van der Waals surface area (Å²) in [5.74, 6) is 0.783. The maximum Gasteiger partial charge on any atom is 0.240 e. The first kappa shape index (κ1) is 17.9. The Morgan fingerprint density at radius 2 is 1.68 bits per heavy atom. The van der Waals surface area contributed by atoms with Gasteiger partial charge in [-0.15, -0.1) is 10.2 Å². The summed E-state index contributed by atoms with van der Waals surface area (Å²) >= 11 is 18.0. The van der Waals surface area contributed by atoms with Crippen molar-refractivity contribution in [3.8, 4) is 23.0 Å². The van der Waals surface area contributed by atoms with Gasteiger partial charge < -0.3 is 4.74 Å². The number of pyridine rings is 1. The molecule has 0 aliphatic carbocycles. The molecule has 1 aromatic carbocycles. The molecule has 7 heteroatoms. The minimum atomic E-state index is 0.300. The Balaban J connectivity index is 2.07. The highest BCUT2D eigenvalue weighted by Gasteiger charge is 2.13. The van der Waals surface area contributed by atoms with E-state index in [4.69, 9.17) is 39.5 Å². The normalized spacial score (nSPS) is 10.8. The highest BCUT2D eigenvalue weighted by Crippen LogP contribution is 2.32. The summed E-state index contributed by atoms with van der Waals surface area (Å²) in [6.07, 6.45) is 0.832. The van der Waals surface area contributed by atoms with Gasteiger partial charge in [0.15, 0.2) is 5.15 Å². The van der Waals surface area contributed by atoms with Gasteiger partial charge >= 0.3 is 0 Å². The Kier molecular flexibility index (Phi) is 5.42. The zero-order valence-corrected chi connectivity index (χ0v) is 15.8. The molecule has 0 N–H and O–H groups in total. The van der Waals surface area contributed by atoms with Gasteiger partial charge in [0.25, 0.3) is 0 Å². The van der Waals surface area contributed by atoms with Crippen LogP contribution in [0.1, 0.15) is 18.1 Å². The van der Waals surface area contributed by atoms with E-state index in [-0.39, 0.29) is 0 Å². The molecule has 4 nitrogen and oxygen atoms in total. The number of hydrogen-bond donors (Lipinski definition) is 0. The lowest BCUT2D eigenvalue weighted by molar-refractivity contribution is 0.434. The molecule has 0 aliphatic heterocycles. The second-order valence-electron chi connectivity index (χ2n) is 5.40. The Morgan fingerprint density at radius 3 is 2.28 bits per heavy atom. The van der Waals surface area contributed by atoms with Crippen LogP contribution in [0.15, 0.2) is 36.4 Å². The topological polar surface area (TPSA) is 47.9 Å². The van der Waals surface area contributed by atoms with Crippen LogP contribution in [0.25, 0.3) is 11.3 Å². The molecule has 0 bridgehead atoms. The van der Waals surface area contributed by atoms with Gasteiger partial charge in [0.05, 0.1) is 5.69 Å². The molecule has 0 aliphatic rings. The zero-order chi connectivity index (χ0) is 18.0. The van der Waals surface area contributed by atoms with Crippen LogP contribution in [0.3, 0.4) is 0 Å². The highest BCUT2D eigenvalue weighted by molar-refractivity contribution is 6.35. The van der Waals surface area contributed by atoms with Gasteiger partial charge in [-0.1, -0.05) is 41.7 Å². The van der Waals surface area contributed by atoms with E-state index in [1.54, 1.807) is 18.2 Å². The third-order valence-electron chi connectivity index (χ3n) is 3.68. The number of hydrogen-bond acceptors (Lipinski definition) is 4. The first-order chi connectivity index (χ1) is 12.0. The van der Waals surface area contributed by atoms with Gasteiger partial charge in [-0.2, -0.15) is 0 Å². The fourth-order valence-corrected chi connectivity index (χ4v) is 3.04. The third-order valence-corrected chi connectivity index (χ3v) is 4.32. The summed E-state index contributed by atoms with van der Waals surface area (Å²) < 4.78 is 5.82. The smallest absolute Gasteiger partial charge is 0.240 e. The summed E-state index contributed by atoms with van der Waals surface area (Å²) in [4.78, 5) is 4.61. The second kappa shape index (κ2) is 7.56. The van der Waals surface area contributed by atoms with Crippen molar-refractivity contribution in [2.75, 3.05) is 0 Å². The van der Waals surface area contributed by atoms with E-state index in [2.05, 4.69) is 22.1 Å². The molecule has 0 amide bonds. The number of aryl methyl sites for hydroxylation is 1. The lowest BCUT2D eigenvalue weighted by Gasteiger charge is -2.13. The number of ether oxygens (including phenoxy) is 1. The van der Waals surface area contributed by atoms with E-state index in [9.17, 15) is 0 Å². The van der Waals surface area contributed by atoms with E-state index in [1.165, 1.54) is 0 Å². The van der Waals surface area contributed by atoms with Crippen molar-refractivity contribution >= 4 is 34.8 Å². The molecule has 2 aromatic heterocycles. The first-order valence-electron chi connectivity index (χ1n) is 7.60. The minimum Gasteiger partial charge on any atom is -0.419 e. The fraction of sp³-hybridized carbons (Fsp3) is 0.167. The highest BCUT2D eigenvalue weighted by atomic mass is 35.5. The molecule has 0 saturated carbocycles. The predicted octanol–water partition coefficient (Wildman–Crippen LogP) is 6.16. The summed E-state index contributed by atoms with van der Waals surface area (Å²) in [5, 5.41) is 9.09. The van der Waals surface area contributed by atoms with Gasteiger partial charge in [0.1, 0.15) is 0 Å². The van der Waals surface area contributed by atoms with Crippen molar-refractivity contribution < 1.29 is 4.74 Å². The Bertz CT molecular complexity index is 894. The van der Waals surface area contributed by atoms with E-state index < -0.39 is 0 Å². The second-order valence-corrected chi connectivity index (χ2v) is 6.66. The van der Waals surface area contributed by atoms with Crippen LogP contribution in [-0.2, 0) is 6.42 Å². The predicted molar refractivity (Wildman–Crippen MR) is 101 cm³/mol. The van der Waals surface area contributed by atoms with Crippen molar-refractivity contribution in [3.05, 3.63) is 62.7 Å². The molecule has 25 heavy (non-hydrogen) atoms. The van der Waals surface area contributed by atoms with Crippen LogP contribution in [0, 0.1) is 6.92 Å². The Morgan fingerprint density at radius 1 is 0.960 bits per heavy atom. The molecule has 0 radical (unpaired) electrons. The molecule has 0 fully saturated rings. The summed E-state index contributed by atoms with van der Waals surface area (Å²) in [5.41, 5.74) is 3.59. The van der Waals surface area contributed by atoms with Crippen LogP contribution < -0.4 is 4.74 Å². The molecule has 3 rings (SSSR count). The standard InChI is InChI=1S/C18H14Cl3N3O/c1-3-11-8-15(12-6-13(19)9-14(20)7-12)22-18(10(11)2)25-17-5-4-16(21)23-24-17/h4-9H,3H2,1-2H3. The fourth-order valence-electron chi connectivity index (χ4n) is 2.41. The van der Waals surface area contributed by atoms with Crippen molar-refractivity contribution in [1.29, 1.82) is 0 Å². The number of rotatable bonds is 4. The molecule has 128 valence electrons. The van der Waals surface area contributed by atoms with Crippen LogP contribution in [-0.4, -0.2) is 15.2 Å². The third kappa shape index (κ3) is 4.21. The molecule has 0 unspecified atom stereocenters. The van der Waals surface area contributed by atoms with E-state index >= 15 is 0 Å². The molecule has 3 aromatic rings. The number of benzene rings is 1. The Hall–Kier alpha value is -1.88. The lowest BCUT2D eigenvalue weighted by Crippen LogP contribution is -2.00. The molecular weight excluding hydrogens is 381 g/mol. The van der Waals surface area contributed by atoms with Crippen LogP contribution in [0.4, 0.5) is 0 Å². The molecule has 2 heterocycles. The minimum absolute atomic E-state index is 0.300. The quantitative estimate of drug-likeness (QED) is 0.531. The maximum atomic E-state index is 6.12. The molecule has 0 saturated heterocycles. The van der Waals surface area contributed by atoms with Crippen molar-refractivity contribution in [1.82, 2.24) is 15.2 Å². The Labute approximate surface area is 160 Å². The summed E-state index contributed by atoms with van der Waals surface area (Å²) in [6, 6.07) is 10.6. The van der Waals surface area contributed by atoms with Crippen LogP contribution >= 0.6 is 34.8 Å². The van der Waals surface area contributed by atoms with Gasteiger partial charge in [0, 0.05) is 27.2 Å². The van der Waals surface area contributed by atoms with Crippen molar-refractivity contribution in [2.45, 2.75) is 20.3 Å². The first-order valence-corrected chi connectivity index (χ1v) is 8.73. The molecule has 0 spiro atoms. The number of aromatic nitrogens is 3. The SMILES string of the molecule is CCc1cc(-c2cc(Cl)cc(Cl)c2)nc(Oc2ccc(Cl)nn2)c1C. The molecule has 0 atom stereocenters. The van der Waals surface area contributed by atoms with Gasteiger partial charge in [-0.3, -0.25) is 0 Å². The van der Waals surface area contributed by atoms with Gasteiger partial charge in [-0.25, -0.2) is 4.98 Å². The summed E-state index contributed by atoms with van der Waals surface area (Å²) in [6.45, 7) is 4.03. The average Bonchev–Trinajstić information content (AvgIpc) is 2.57. The number of halogens is 3. The summed E-state index contributed by atoms with van der Waals surface area (Å²) in [7, 11) is 0. The zero-order valence-electron chi connectivity index (χ0n) is 13.6. The monoisotopic (exact) mass is 393 g/mol. The van der Waals surface area contributed by atoms with E-state index in [0.29, 0.717) is 27.0 Å². The lowest BCUT2D eigenvalue weighted by atomic mass is 10.0. The van der Waals surface area contributed by atoms with E-state index in [1.807, 2.05) is 25.1 Å². The van der Waals surface area contributed by atoms with Crippen LogP contribution in [0.2, 0.25) is 15.2 Å². The van der Waals surface area contributed by atoms with Crippen molar-refractivity contribution in [2.24, 2.45) is 0 Å². The average molecular weight is 395 g/mol. The number of nitrogens with zero attached hydrogens (tertiary/aromatic N) is 3. The molecular formula is C18H14Cl3N3O. The van der Waals surface area contributed by atoms with Crippen molar-refractivity contribution in [3.63, 3.8) is 0 Å². The van der Waals surface area contributed by atoms with Crippen LogP contribution in [0.5, 0.6) is 11.8 Å².